The summed E-state index contributed by atoms with van der Waals surface area (Å²) in [6, 6.07) is 8.81. The number of benzene rings is 1. The molecular formula is C19H18Cl2N4O2S. The minimum Gasteiger partial charge on any atom is -0.479 e. The number of pyridine rings is 1. The molecule has 0 N–H and O–H groups in total. The molecule has 2 aromatic heterocycles. The Bertz CT molecular complexity index is 972. The number of piperazine rings is 1. The van der Waals surface area contributed by atoms with E-state index in [-0.39, 0.29) is 5.91 Å². The number of nitrogens with zero attached hydrogens (tertiary/aromatic N) is 4. The van der Waals surface area contributed by atoms with E-state index in [1.54, 1.807) is 42.7 Å². The molecule has 0 spiro atoms. The van der Waals surface area contributed by atoms with Crippen molar-refractivity contribution >= 4 is 55.9 Å². The van der Waals surface area contributed by atoms with E-state index in [0.29, 0.717) is 28.9 Å². The molecule has 1 amide bonds. The molecule has 1 aliphatic rings. The summed E-state index contributed by atoms with van der Waals surface area (Å²) in [6.45, 7) is 4.41. The van der Waals surface area contributed by atoms with Gasteiger partial charge in [-0.3, -0.25) is 4.79 Å². The zero-order valence-electron chi connectivity index (χ0n) is 15.1. The second-order valence-corrected chi connectivity index (χ2v) is 8.27. The van der Waals surface area contributed by atoms with Crippen LogP contribution >= 0.6 is 34.5 Å². The van der Waals surface area contributed by atoms with Gasteiger partial charge in [0.1, 0.15) is 16.1 Å². The Morgan fingerprint density at radius 1 is 1.21 bits per heavy atom. The van der Waals surface area contributed by atoms with E-state index in [1.165, 1.54) is 0 Å². The van der Waals surface area contributed by atoms with Crippen LogP contribution in [0.3, 0.4) is 0 Å². The first-order chi connectivity index (χ1) is 13.5. The minimum atomic E-state index is -0.628. The van der Waals surface area contributed by atoms with Gasteiger partial charge in [-0.2, -0.15) is 0 Å². The number of carbonyl (C=O) groups is 1. The van der Waals surface area contributed by atoms with Gasteiger partial charge in [-0.15, -0.1) is 0 Å². The third kappa shape index (κ3) is 4.01. The third-order valence-corrected chi connectivity index (χ3v) is 6.13. The average molecular weight is 437 g/mol. The molecule has 1 aliphatic heterocycles. The molecule has 3 heterocycles. The number of ether oxygens (including phenoxy) is 1. The Kier molecular flexibility index (Phi) is 5.57. The maximum atomic E-state index is 12.8. The van der Waals surface area contributed by atoms with Crippen LogP contribution in [0.4, 0.5) is 5.13 Å². The first-order valence-corrected chi connectivity index (χ1v) is 10.5. The largest absolute Gasteiger partial charge is 0.479 e. The molecule has 0 bridgehead atoms. The summed E-state index contributed by atoms with van der Waals surface area (Å²) in [6.07, 6.45) is 1.15. The summed E-state index contributed by atoms with van der Waals surface area (Å²) in [5.74, 6) is 0.393. The summed E-state index contributed by atoms with van der Waals surface area (Å²) in [4.78, 5) is 26.7. The van der Waals surface area contributed by atoms with E-state index in [2.05, 4.69) is 14.9 Å². The smallest absolute Gasteiger partial charge is 0.263 e. The van der Waals surface area contributed by atoms with Crippen LogP contribution < -0.4 is 9.64 Å². The molecule has 1 atom stereocenters. The summed E-state index contributed by atoms with van der Waals surface area (Å²) in [5.41, 5.74) is 0.905. The van der Waals surface area contributed by atoms with Crippen molar-refractivity contribution in [3.63, 3.8) is 0 Å². The monoisotopic (exact) mass is 436 g/mol. The second-order valence-electron chi connectivity index (χ2n) is 6.47. The van der Waals surface area contributed by atoms with Crippen molar-refractivity contribution in [1.82, 2.24) is 14.9 Å². The molecule has 0 saturated carbocycles. The minimum absolute atomic E-state index is 0.0587. The van der Waals surface area contributed by atoms with Gasteiger partial charge < -0.3 is 14.5 Å². The van der Waals surface area contributed by atoms with Crippen molar-refractivity contribution in [1.29, 1.82) is 0 Å². The number of thiazole rings is 1. The predicted molar refractivity (Wildman–Crippen MR) is 113 cm³/mol. The van der Waals surface area contributed by atoms with Gasteiger partial charge in [0.25, 0.3) is 5.91 Å². The van der Waals surface area contributed by atoms with Crippen LogP contribution in [0.2, 0.25) is 10.0 Å². The van der Waals surface area contributed by atoms with Gasteiger partial charge in [-0.05, 0) is 37.3 Å². The van der Waals surface area contributed by atoms with E-state index in [9.17, 15) is 4.79 Å². The molecule has 1 saturated heterocycles. The molecule has 3 aromatic rings. The normalized spacial score (nSPS) is 15.7. The SMILES string of the molecule is CC(Oc1ccc(Cl)cc1Cl)C(=O)N1CCN(c2nc3cccnc3s2)CC1. The van der Waals surface area contributed by atoms with Crippen molar-refractivity contribution in [3.8, 4) is 5.75 Å². The third-order valence-electron chi connectivity index (χ3n) is 4.56. The van der Waals surface area contributed by atoms with E-state index in [0.717, 1.165) is 28.6 Å². The molecular weight excluding hydrogens is 419 g/mol. The van der Waals surface area contributed by atoms with E-state index in [4.69, 9.17) is 27.9 Å². The number of fused-ring (bicyclic) bond motifs is 1. The number of halogens is 2. The summed E-state index contributed by atoms with van der Waals surface area (Å²) < 4.78 is 5.75. The molecule has 1 aromatic carbocycles. The number of hydrogen-bond acceptors (Lipinski definition) is 6. The lowest BCUT2D eigenvalue weighted by molar-refractivity contribution is -0.138. The van der Waals surface area contributed by atoms with Gasteiger partial charge in [-0.1, -0.05) is 34.5 Å². The molecule has 28 heavy (non-hydrogen) atoms. The maximum Gasteiger partial charge on any atom is 0.263 e. The number of carbonyl (C=O) groups excluding carboxylic acids is 1. The lowest BCUT2D eigenvalue weighted by atomic mass is 10.2. The molecule has 4 rings (SSSR count). The van der Waals surface area contributed by atoms with Gasteiger partial charge in [0, 0.05) is 37.4 Å². The topological polar surface area (TPSA) is 58.6 Å². The van der Waals surface area contributed by atoms with Crippen molar-refractivity contribution in [2.24, 2.45) is 0 Å². The Morgan fingerprint density at radius 3 is 2.71 bits per heavy atom. The van der Waals surface area contributed by atoms with Crippen LogP contribution in [0.25, 0.3) is 10.3 Å². The van der Waals surface area contributed by atoms with Crippen LogP contribution in [0.5, 0.6) is 5.75 Å². The Morgan fingerprint density at radius 2 is 2.00 bits per heavy atom. The predicted octanol–water partition coefficient (Wildman–Crippen LogP) is 4.11. The van der Waals surface area contributed by atoms with Crippen LogP contribution in [-0.4, -0.2) is 53.1 Å². The number of aromatic nitrogens is 2. The lowest BCUT2D eigenvalue weighted by Gasteiger charge is -2.35. The number of anilines is 1. The Labute approximate surface area is 176 Å². The highest BCUT2D eigenvalue weighted by Gasteiger charge is 2.27. The van der Waals surface area contributed by atoms with Gasteiger partial charge in [-0.25, -0.2) is 9.97 Å². The molecule has 9 heteroatoms. The maximum absolute atomic E-state index is 12.8. The first-order valence-electron chi connectivity index (χ1n) is 8.88. The number of rotatable bonds is 4. The number of amides is 1. The summed E-state index contributed by atoms with van der Waals surface area (Å²) in [7, 11) is 0. The molecule has 1 unspecified atom stereocenters. The fourth-order valence-corrected chi connectivity index (χ4v) is 4.49. The van der Waals surface area contributed by atoms with Gasteiger partial charge in [0.2, 0.25) is 0 Å². The number of hydrogen-bond donors (Lipinski definition) is 0. The fourth-order valence-electron chi connectivity index (χ4n) is 3.08. The fraction of sp³-hybridized carbons (Fsp3) is 0.316. The van der Waals surface area contributed by atoms with Gasteiger partial charge in [0.15, 0.2) is 11.2 Å². The van der Waals surface area contributed by atoms with Crippen molar-refractivity contribution in [2.45, 2.75) is 13.0 Å². The van der Waals surface area contributed by atoms with E-state index >= 15 is 0 Å². The quantitative estimate of drug-likeness (QED) is 0.615. The Hall–Kier alpha value is -2.09. The highest BCUT2D eigenvalue weighted by atomic mass is 35.5. The molecule has 1 fully saturated rings. The average Bonchev–Trinajstić information content (AvgIpc) is 3.14. The van der Waals surface area contributed by atoms with Crippen LogP contribution in [-0.2, 0) is 4.79 Å². The molecule has 0 aliphatic carbocycles. The van der Waals surface area contributed by atoms with Crippen molar-refractivity contribution < 1.29 is 9.53 Å². The lowest BCUT2D eigenvalue weighted by Crippen LogP contribution is -2.52. The standard InChI is InChI=1S/C19H18Cl2N4O2S/c1-12(27-16-5-4-13(20)11-14(16)21)18(26)24-7-9-25(10-8-24)19-23-15-3-2-6-22-17(15)28-19/h2-6,11-12H,7-10H2,1H3. The first kappa shape index (κ1) is 19.2. The highest BCUT2D eigenvalue weighted by Crippen LogP contribution is 2.29. The zero-order chi connectivity index (χ0) is 19.7. The molecule has 6 nitrogen and oxygen atoms in total. The van der Waals surface area contributed by atoms with Gasteiger partial charge >= 0.3 is 0 Å². The summed E-state index contributed by atoms with van der Waals surface area (Å²) in [5, 5.41) is 1.86. The van der Waals surface area contributed by atoms with Crippen LogP contribution in [0, 0.1) is 0 Å². The van der Waals surface area contributed by atoms with E-state index < -0.39 is 6.10 Å². The van der Waals surface area contributed by atoms with Crippen molar-refractivity contribution in [3.05, 3.63) is 46.6 Å². The summed E-state index contributed by atoms with van der Waals surface area (Å²) >= 11 is 13.6. The second kappa shape index (κ2) is 8.11. The van der Waals surface area contributed by atoms with Crippen LogP contribution in [0.15, 0.2) is 36.5 Å². The van der Waals surface area contributed by atoms with Crippen LogP contribution in [0.1, 0.15) is 6.92 Å². The van der Waals surface area contributed by atoms with Gasteiger partial charge in [0.05, 0.1) is 5.02 Å². The van der Waals surface area contributed by atoms with Crippen molar-refractivity contribution in [2.75, 3.05) is 31.1 Å². The Balaban J connectivity index is 1.36. The molecule has 0 radical (unpaired) electrons. The zero-order valence-corrected chi connectivity index (χ0v) is 17.5. The molecule has 146 valence electrons. The highest BCUT2D eigenvalue weighted by molar-refractivity contribution is 7.21. The van der Waals surface area contributed by atoms with E-state index in [1.807, 2.05) is 17.0 Å².